The number of thioether (sulfide) groups is 1. The molecule has 1 fully saturated rings. The van der Waals surface area contributed by atoms with Gasteiger partial charge in [-0.1, -0.05) is 23.9 Å². The van der Waals surface area contributed by atoms with E-state index in [1.165, 1.54) is 40.9 Å². The number of amides is 1. The van der Waals surface area contributed by atoms with E-state index in [2.05, 4.69) is 20.3 Å². The number of carbonyl (C=O) groups is 1. The summed E-state index contributed by atoms with van der Waals surface area (Å²) in [5.41, 5.74) is 0.695. The number of carbonyl (C=O) groups excluding carboxylic acids is 1. The highest BCUT2D eigenvalue weighted by molar-refractivity contribution is 8.00. The van der Waals surface area contributed by atoms with E-state index in [0.29, 0.717) is 16.8 Å². The summed E-state index contributed by atoms with van der Waals surface area (Å²) in [7, 11) is 1.64. The van der Waals surface area contributed by atoms with Gasteiger partial charge in [0.25, 0.3) is 0 Å². The van der Waals surface area contributed by atoms with Gasteiger partial charge >= 0.3 is 6.36 Å². The monoisotopic (exact) mass is 401 g/mol. The molecule has 1 aliphatic rings. The lowest BCUT2D eigenvalue weighted by molar-refractivity contribution is -0.274. The van der Waals surface area contributed by atoms with E-state index in [-0.39, 0.29) is 18.2 Å². The van der Waals surface area contributed by atoms with Gasteiger partial charge in [0.05, 0.1) is 11.3 Å². The van der Waals surface area contributed by atoms with E-state index >= 15 is 0 Å². The number of nitrogens with zero attached hydrogens (tertiary/aromatic N) is 5. The Balaban J connectivity index is 1.55. The fraction of sp³-hybridized carbons (Fsp3) is 0.500. The van der Waals surface area contributed by atoms with E-state index in [0.717, 1.165) is 12.8 Å². The van der Waals surface area contributed by atoms with Crippen LogP contribution in [0, 0.1) is 0 Å². The minimum atomic E-state index is -4.73. The van der Waals surface area contributed by atoms with E-state index < -0.39 is 11.6 Å². The number of tetrazole rings is 1. The number of halogens is 3. The average molecular weight is 401 g/mol. The normalized spacial score (nSPS) is 15.4. The zero-order valence-electron chi connectivity index (χ0n) is 14.7. The molecule has 0 aliphatic heterocycles. The van der Waals surface area contributed by atoms with Crippen LogP contribution in [0.4, 0.5) is 13.2 Å². The molecule has 0 N–H and O–H groups in total. The Morgan fingerprint density at radius 2 is 2.04 bits per heavy atom. The second kappa shape index (κ2) is 7.75. The summed E-state index contributed by atoms with van der Waals surface area (Å²) in [4.78, 5) is 14.1. The molecular formula is C16H18F3N5O2S. The molecule has 1 aromatic heterocycles. The maximum atomic E-state index is 12.6. The summed E-state index contributed by atoms with van der Waals surface area (Å²) in [6.07, 6.45) is -2.65. The molecule has 0 saturated heterocycles. The topological polar surface area (TPSA) is 73.1 Å². The summed E-state index contributed by atoms with van der Waals surface area (Å²) in [5.74, 6) is -0.419. The number of hydrogen-bond acceptors (Lipinski definition) is 6. The first-order valence-corrected chi connectivity index (χ1v) is 9.15. The minimum absolute atomic E-state index is 0.124. The Morgan fingerprint density at radius 3 is 2.63 bits per heavy atom. The van der Waals surface area contributed by atoms with Crippen molar-refractivity contribution < 1.29 is 22.7 Å². The molecule has 27 heavy (non-hydrogen) atoms. The number of rotatable bonds is 7. The molecule has 7 nitrogen and oxygen atoms in total. The maximum Gasteiger partial charge on any atom is 0.573 e. The van der Waals surface area contributed by atoms with Crippen LogP contribution in [0.5, 0.6) is 5.75 Å². The number of hydrogen-bond donors (Lipinski definition) is 0. The predicted octanol–water partition coefficient (Wildman–Crippen LogP) is 3.05. The number of benzene rings is 1. The van der Waals surface area contributed by atoms with Crippen LogP contribution in [0.2, 0.25) is 0 Å². The third-order valence-electron chi connectivity index (χ3n) is 3.94. The fourth-order valence-electron chi connectivity index (χ4n) is 2.48. The minimum Gasteiger partial charge on any atom is -0.406 e. The van der Waals surface area contributed by atoms with Crippen molar-refractivity contribution in [1.82, 2.24) is 25.1 Å². The molecular weight excluding hydrogens is 383 g/mol. The van der Waals surface area contributed by atoms with Gasteiger partial charge in [-0.15, -0.1) is 18.3 Å². The van der Waals surface area contributed by atoms with Gasteiger partial charge in [0, 0.05) is 13.6 Å². The average Bonchev–Trinajstić information content (AvgIpc) is 3.34. The van der Waals surface area contributed by atoms with Gasteiger partial charge in [-0.2, -0.15) is 0 Å². The molecule has 1 amide bonds. The van der Waals surface area contributed by atoms with Crippen molar-refractivity contribution in [3.63, 3.8) is 0 Å². The second-order valence-electron chi connectivity index (χ2n) is 6.28. The lowest BCUT2D eigenvalue weighted by atomic mass is 10.2. The SMILES string of the molecule is CC(Sc1nnnn1C1CC1)C(=O)N(C)Cc1ccc(OC(F)(F)F)cc1. The van der Waals surface area contributed by atoms with Crippen LogP contribution in [-0.2, 0) is 11.3 Å². The molecule has 1 atom stereocenters. The van der Waals surface area contributed by atoms with Gasteiger partial charge in [-0.05, 0) is 47.9 Å². The largest absolute Gasteiger partial charge is 0.573 e. The number of alkyl halides is 3. The highest BCUT2D eigenvalue weighted by atomic mass is 32.2. The van der Waals surface area contributed by atoms with Crippen LogP contribution >= 0.6 is 11.8 Å². The Labute approximate surface area is 157 Å². The standard InChI is InChI=1S/C16H18F3N5O2S/c1-10(27-15-20-21-22-24(15)12-5-6-12)14(25)23(2)9-11-3-7-13(8-4-11)26-16(17,18)19/h3-4,7-8,10,12H,5-6,9H2,1-2H3. The molecule has 11 heteroatoms. The lowest BCUT2D eigenvalue weighted by Gasteiger charge is -2.21. The molecule has 0 bridgehead atoms. The number of ether oxygens (including phenoxy) is 1. The first kappa shape index (κ1) is 19.5. The van der Waals surface area contributed by atoms with Crippen molar-refractivity contribution in [2.75, 3.05) is 7.05 Å². The first-order chi connectivity index (χ1) is 12.7. The van der Waals surface area contributed by atoms with Crippen LogP contribution in [0.3, 0.4) is 0 Å². The van der Waals surface area contributed by atoms with Crippen LogP contribution < -0.4 is 4.74 Å². The number of aromatic nitrogens is 4. The maximum absolute atomic E-state index is 12.6. The van der Waals surface area contributed by atoms with Crippen molar-refractivity contribution in [1.29, 1.82) is 0 Å². The fourth-order valence-corrected chi connectivity index (χ4v) is 3.45. The molecule has 2 aromatic rings. The smallest absolute Gasteiger partial charge is 0.406 e. The summed E-state index contributed by atoms with van der Waals surface area (Å²) in [6, 6.07) is 5.76. The third kappa shape index (κ3) is 5.34. The van der Waals surface area contributed by atoms with Gasteiger partial charge in [-0.3, -0.25) is 4.79 Å². The molecule has 1 aromatic carbocycles. The van der Waals surface area contributed by atoms with E-state index in [4.69, 9.17) is 0 Å². The highest BCUT2D eigenvalue weighted by Crippen LogP contribution is 2.37. The van der Waals surface area contributed by atoms with Gasteiger partial charge in [0.2, 0.25) is 11.1 Å². The van der Waals surface area contributed by atoms with Crippen molar-refractivity contribution in [2.24, 2.45) is 0 Å². The molecule has 0 radical (unpaired) electrons. The zero-order valence-corrected chi connectivity index (χ0v) is 15.5. The van der Waals surface area contributed by atoms with Crippen molar-refractivity contribution in [2.45, 2.75) is 49.1 Å². The Morgan fingerprint density at radius 1 is 1.37 bits per heavy atom. The van der Waals surface area contributed by atoms with E-state index in [1.807, 2.05) is 0 Å². The first-order valence-electron chi connectivity index (χ1n) is 8.27. The summed E-state index contributed by atoms with van der Waals surface area (Å²) in [6.45, 7) is 2.04. The second-order valence-corrected chi connectivity index (χ2v) is 7.59. The summed E-state index contributed by atoms with van der Waals surface area (Å²) < 4.78 is 42.2. The molecule has 3 rings (SSSR count). The molecule has 1 heterocycles. The van der Waals surface area contributed by atoms with E-state index in [9.17, 15) is 18.0 Å². The Kier molecular flexibility index (Phi) is 5.59. The third-order valence-corrected chi connectivity index (χ3v) is 4.97. The Hall–Kier alpha value is -2.30. The van der Waals surface area contributed by atoms with E-state index in [1.54, 1.807) is 18.7 Å². The molecule has 1 unspecified atom stereocenters. The van der Waals surface area contributed by atoms with Gasteiger partial charge < -0.3 is 9.64 Å². The Bertz CT molecular complexity index is 792. The summed E-state index contributed by atoms with van der Waals surface area (Å²) >= 11 is 1.29. The molecule has 1 saturated carbocycles. The van der Waals surface area contributed by atoms with Crippen LogP contribution in [0.15, 0.2) is 29.4 Å². The van der Waals surface area contributed by atoms with Crippen molar-refractivity contribution in [3.05, 3.63) is 29.8 Å². The zero-order chi connectivity index (χ0) is 19.6. The molecule has 0 spiro atoms. The molecule has 1 aliphatic carbocycles. The van der Waals surface area contributed by atoms with Crippen LogP contribution in [0.1, 0.15) is 31.4 Å². The van der Waals surface area contributed by atoms with Gasteiger partial charge in [0.1, 0.15) is 5.75 Å². The lowest BCUT2D eigenvalue weighted by Crippen LogP contribution is -2.33. The van der Waals surface area contributed by atoms with Crippen LogP contribution in [-0.4, -0.2) is 49.7 Å². The summed E-state index contributed by atoms with van der Waals surface area (Å²) in [5, 5.41) is 11.8. The van der Waals surface area contributed by atoms with Crippen molar-refractivity contribution >= 4 is 17.7 Å². The van der Waals surface area contributed by atoms with Gasteiger partial charge in [0.15, 0.2) is 0 Å². The predicted molar refractivity (Wildman–Crippen MR) is 91.0 cm³/mol. The van der Waals surface area contributed by atoms with Crippen molar-refractivity contribution in [3.8, 4) is 5.75 Å². The van der Waals surface area contributed by atoms with Gasteiger partial charge in [-0.25, -0.2) is 4.68 Å². The quantitative estimate of drug-likeness (QED) is 0.664. The highest BCUT2D eigenvalue weighted by Gasteiger charge is 2.31. The molecule has 146 valence electrons. The van der Waals surface area contributed by atoms with Crippen LogP contribution in [0.25, 0.3) is 0 Å².